The molecule has 0 radical (unpaired) electrons. The molecule has 26 valence electrons. The van der Waals surface area contributed by atoms with Crippen LogP contribution in [0.25, 0.3) is 0 Å². The van der Waals surface area contributed by atoms with Gasteiger partial charge in [0.15, 0.2) is 0 Å². The van der Waals surface area contributed by atoms with Crippen LogP contribution >= 0.6 is 0 Å². The molecular formula is C2H6NO-. The van der Waals surface area contributed by atoms with Crippen LogP contribution in [0.4, 0.5) is 0 Å². The fourth-order valence-electron chi connectivity index (χ4n) is 0. The molecule has 2 nitrogen and oxygen atoms in total. The first-order valence-electron chi connectivity index (χ1n) is 1.26. The zero-order valence-electron chi connectivity index (χ0n) is 2.62. The zero-order chi connectivity index (χ0) is 3.41. The van der Waals surface area contributed by atoms with E-state index in [-0.39, 0.29) is 0 Å². The number of hydrogen-bond acceptors (Lipinski definition) is 2. The fourth-order valence-corrected chi connectivity index (χ4v) is 0. The number of hydrogen-bond donors (Lipinski definition) is 1. The third kappa shape index (κ3) is 1.92. The Balaban J connectivity index is 1.97. The maximum atomic E-state index is 9.05. The Morgan fingerprint density at radius 2 is 2.25 bits per heavy atom. The summed E-state index contributed by atoms with van der Waals surface area (Å²) in [6, 6.07) is 0. The molecule has 0 heterocycles. The standard InChI is InChI=1S/C2H6NO/c1-2-3-4/h3H,2H2,1H3/q-1. The lowest BCUT2D eigenvalue weighted by Gasteiger charge is -1.96. The van der Waals surface area contributed by atoms with Crippen LogP contribution < -0.4 is 5.48 Å². The van der Waals surface area contributed by atoms with Gasteiger partial charge in [0.05, 0.1) is 0 Å². The second kappa shape index (κ2) is 2.92. The van der Waals surface area contributed by atoms with Crippen molar-refractivity contribution in [3.8, 4) is 0 Å². The summed E-state index contributed by atoms with van der Waals surface area (Å²) >= 11 is 0. The lowest BCUT2D eigenvalue weighted by atomic mass is 10.8. The molecule has 0 aliphatic heterocycles. The van der Waals surface area contributed by atoms with Crippen molar-refractivity contribution in [3.05, 3.63) is 5.21 Å². The Hall–Kier alpha value is -0.0800. The highest BCUT2D eigenvalue weighted by atomic mass is 16.5. The lowest BCUT2D eigenvalue weighted by Crippen LogP contribution is -1.98. The highest BCUT2D eigenvalue weighted by Crippen LogP contribution is 1.37. The van der Waals surface area contributed by atoms with E-state index >= 15 is 0 Å². The molecule has 2 heteroatoms. The number of rotatable bonds is 1. The minimum absolute atomic E-state index is 0.514. The third-order valence-electron chi connectivity index (χ3n) is 0.144. The Bertz CT molecular complexity index is 8.00. The van der Waals surface area contributed by atoms with Crippen LogP contribution in [0, 0.1) is 5.21 Å². The minimum Gasteiger partial charge on any atom is -0.788 e. The summed E-state index contributed by atoms with van der Waals surface area (Å²) in [5.41, 5.74) is 1.68. The molecule has 0 saturated carbocycles. The SMILES string of the molecule is CCN[O-]. The topological polar surface area (TPSA) is 35.1 Å². The Labute approximate surface area is 25.4 Å². The smallest absolute Gasteiger partial charge is 0.0199 e. The van der Waals surface area contributed by atoms with E-state index in [2.05, 4.69) is 0 Å². The van der Waals surface area contributed by atoms with Gasteiger partial charge in [0.25, 0.3) is 0 Å². The Morgan fingerprint density at radius 1 is 2.00 bits per heavy atom. The van der Waals surface area contributed by atoms with Gasteiger partial charge in [-0.25, -0.2) is 0 Å². The summed E-state index contributed by atoms with van der Waals surface area (Å²) in [6.45, 7) is 2.27. The van der Waals surface area contributed by atoms with Gasteiger partial charge in [-0.05, 0) is 6.54 Å². The Morgan fingerprint density at radius 3 is 2.25 bits per heavy atom. The summed E-state index contributed by atoms with van der Waals surface area (Å²) < 4.78 is 0. The zero-order valence-corrected chi connectivity index (χ0v) is 2.62. The van der Waals surface area contributed by atoms with Gasteiger partial charge in [0, 0.05) is 0 Å². The van der Waals surface area contributed by atoms with Crippen molar-refractivity contribution in [2.45, 2.75) is 6.92 Å². The first-order chi connectivity index (χ1) is 1.91. The van der Waals surface area contributed by atoms with Gasteiger partial charge in [0.1, 0.15) is 0 Å². The minimum atomic E-state index is 0.514. The largest absolute Gasteiger partial charge is 0.788 e. The number of hydroxylamine groups is 1. The first-order valence-corrected chi connectivity index (χ1v) is 1.26. The van der Waals surface area contributed by atoms with Crippen LogP contribution in [0.15, 0.2) is 0 Å². The van der Waals surface area contributed by atoms with E-state index in [1.54, 1.807) is 12.4 Å². The fraction of sp³-hybridized carbons (Fsp3) is 1.00. The summed E-state index contributed by atoms with van der Waals surface area (Å²) in [6.07, 6.45) is 0. The van der Waals surface area contributed by atoms with Crippen LogP contribution in [0.5, 0.6) is 0 Å². The van der Waals surface area contributed by atoms with E-state index in [0.29, 0.717) is 6.54 Å². The van der Waals surface area contributed by atoms with Crippen LogP contribution in [0.1, 0.15) is 6.92 Å². The van der Waals surface area contributed by atoms with Gasteiger partial charge in [-0.2, -0.15) is 0 Å². The van der Waals surface area contributed by atoms with E-state index in [1.165, 1.54) is 0 Å². The predicted octanol–water partition coefficient (Wildman–Crippen LogP) is 0.0937. The van der Waals surface area contributed by atoms with Gasteiger partial charge < -0.3 is 10.7 Å². The summed E-state index contributed by atoms with van der Waals surface area (Å²) in [5, 5.41) is 9.05. The highest BCUT2D eigenvalue weighted by Gasteiger charge is 1.41. The van der Waals surface area contributed by atoms with Crippen LogP contribution in [-0.2, 0) is 0 Å². The second-order valence-corrected chi connectivity index (χ2v) is 0.498. The van der Waals surface area contributed by atoms with Gasteiger partial charge in [-0.15, -0.1) is 0 Å². The van der Waals surface area contributed by atoms with Crippen LogP contribution in [0.2, 0.25) is 0 Å². The molecule has 0 aromatic rings. The lowest BCUT2D eigenvalue weighted by molar-refractivity contribution is 0.926. The molecule has 0 saturated heterocycles. The van der Waals surface area contributed by atoms with Crippen molar-refractivity contribution in [1.82, 2.24) is 5.48 Å². The molecule has 0 fully saturated rings. The van der Waals surface area contributed by atoms with Crippen molar-refractivity contribution in [2.24, 2.45) is 0 Å². The van der Waals surface area contributed by atoms with Crippen molar-refractivity contribution in [1.29, 1.82) is 0 Å². The van der Waals surface area contributed by atoms with Crippen LogP contribution in [0.3, 0.4) is 0 Å². The molecule has 0 spiro atoms. The van der Waals surface area contributed by atoms with Gasteiger partial charge >= 0.3 is 0 Å². The maximum absolute atomic E-state index is 9.05. The summed E-state index contributed by atoms with van der Waals surface area (Å²) in [7, 11) is 0. The quantitative estimate of drug-likeness (QED) is 0.435. The van der Waals surface area contributed by atoms with Crippen molar-refractivity contribution in [2.75, 3.05) is 6.54 Å². The molecule has 0 aromatic heterocycles. The average molecular weight is 60.1 g/mol. The van der Waals surface area contributed by atoms with Crippen molar-refractivity contribution < 1.29 is 0 Å². The maximum Gasteiger partial charge on any atom is -0.0199 e. The van der Waals surface area contributed by atoms with Crippen molar-refractivity contribution >= 4 is 0 Å². The van der Waals surface area contributed by atoms with E-state index in [4.69, 9.17) is 5.21 Å². The molecule has 0 bridgehead atoms. The monoisotopic (exact) mass is 60.0 g/mol. The van der Waals surface area contributed by atoms with E-state index in [9.17, 15) is 0 Å². The first kappa shape index (κ1) is 3.92. The molecule has 1 N–H and O–H groups in total. The Kier molecular flexibility index (Phi) is 2.86. The van der Waals surface area contributed by atoms with Gasteiger partial charge in [0.2, 0.25) is 0 Å². The molecule has 0 aliphatic rings. The van der Waals surface area contributed by atoms with E-state index in [1.807, 2.05) is 0 Å². The van der Waals surface area contributed by atoms with E-state index in [0.717, 1.165) is 0 Å². The van der Waals surface area contributed by atoms with Crippen molar-refractivity contribution in [3.63, 3.8) is 0 Å². The third-order valence-corrected chi connectivity index (χ3v) is 0.144. The molecular weight excluding hydrogens is 54.0 g/mol. The normalized spacial score (nSPS) is 7.50. The molecule has 0 rings (SSSR count). The molecule has 0 amide bonds. The molecule has 0 aliphatic carbocycles. The summed E-state index contributed by atoms with van der Waals surface area (Å²) in [4.78, 5) is 0. The summed E-state index contributed by atoms with van der Waals surface area (Å²) in [5.74, 6) is 0. The second-order valence-electron chi connectivity index (χ2n) is 0.498. The molecule has 0 atom stereocenters. The van der Waals surface area contributed by atoms with E-state index < -0.39 is 0 Å². The highest BCUT2D eigenvalue weighted by molar-refractivity contribution is 4.29. The molecule has 0 unspecified atom stereocenters. The average Bonchev–Trinajstić information content (AvgIpc) is 1.37. The van der Waals surface area contributed by atoms with Gasteiger partial charge in [-0.1, -0.05) is 6.92 Å². The van der Waals surface area contributed by atoms with Crippen LogP contribution in [-0.4, -0.2) is 6.54 Å². The number of nitrogens with one attached hydrogen (secondary N) is 1. The molecule has 4 heavy (non-hydrogen) atoms. The van der Waals surface area contributed by atoms with Gasteiger partial charge in [-0.3, -0.25) is 0 Å². The molecule has 0 aromatic carbocycles. The predicted molar refractivity (Wildman–Crippen MR) is 17.0 cm³/mol.